The summed E-state index contributed by atoms with van der Waals surface area (Å²) in [6, 6.07) is 2.10. The number of pyridine rings is 1. The molecular formula is C25H23F2N9O4. The number of anilines is 1. The Balaban J connectivity index is 1.44. The second-order valence-electron chi connectivity index (χ2n) is 9.28. The molecule has 5 rings (SSSR count). The molecule has 0 spiro atoms. The van der Waals surface area contributed by atoms with Gasteiger partial charge in [0.15, 0.2) is 17.0 Å². The van der Waals surface area contributed by atoms with Gasteiger partial charge in [-0.1, -0.05) is 5.16 Å². The summed E-state index contributed by atoms with van der Waals surface area (Å²) in [5.74, 6) is -3.54. The van der Waals surface area contributed by atoms with Crippen molar-refractivity contribution in [2.75, 3.05) is 5.32 Å². The molecular weight excluding hydrogens is 528 g/mol. The molecule has 0 aliphatic carbocycles. The lowest BCUT2D eigenvalue weighted by Gasteiger charge is -2.15. The highest BCUT2D eigenvalue weighted by atomic mass is 19.3. The number of fused-ring (bicyclic) bond motifs is 1. The van der Waals surface area contributed by atoms with E-state index in [0.717, 1.165) is 11.5 Å². The van der Waals surface area contributed by atoms with Crippen molar-refractivity contribution in [2.45, 2.75) is 39.3 Å². The van der Waals surface area contributed by atoms with E-state index in [0.29, 0.717) is 17.0 Å². The summed E-state index contributed by atoms with van der Waals surface area (Å²) in [7, 11) is 1.47. The van der Waals surface area contributed by atoms with E-state index in [1.807, 2.05) is 0 Å². The number of nitrogens with zero attached hydrogens (tertiary/aromatic N) is 8. The lowest BCUT2D eigenvalue weighted by Crippen LogP contribution is -2.40. The standard InChI is InChI=1S/C25H23F2N9O4/c1-13-7-15(8-29-20(13)25(3,26)27)17-9-28-10-18(31-17)32-22(37)14(2)36-12-30-21-19(36)23(38)35(24(39)34(21)4)11-16-5-6-40-33-16/h5-10,12,14H,11H2,1-4H3,(H,31,32,37)/t14-/m0/s1. The smallest absolute Gasteiger partial charge is 0.332 e. The van der Waals surface area contributed by atoms with Gasteiger partial charge in [0, 0.05) is 31.8 Å². The van der Waals surface area contributed by atoms with E-state index in [4.69, 9.17) is 4.52 Å². The second kappa shape index (κ2) is 9.91. The molecule has 1 atom stereocenters. The largest absolute Gasteiger partial charge is 0.364 e. The number of hydrogen-bond donors (Lipinski definition) is 1. The molecule has 0 aromatic carbocycles. The highest BCUT2D eigenvalue weighted by Crippen LogP contribution is 2.30. The summed E-state index contributed by atoms with van der Waals surface area (Å²) < 4.78 is 35.8. The van der Waals surface area contributed by atoms with Crippen LogP contribution in [0.15, 0.2) is 57.4 Å². The predicted octanol–water partition coefficient (Wildman–Crippen LogP) is 2.40. The third-order valence-electron chi connectivity index (χ3n) is 6.34. The fourth-order valence-corrected chi connectivity index (χ4v) is 4.30. The number of rotatable bonds is 7. The summed E-state index contributed by atoms with van der Waals surface area (Å²) in [4.78, 5) is 55.9. The van der Waals surface area contributed by atoms with Crippen molar-refractivity contribution < 1.29 is 18.1 Å². The third kappa shape index (κ3) is 4.76. The van der Waals surface area contributed by atoms with Gasteiger partial charge in [-0.15, -0.1) is 0 Å². The molecule has 13 nitrogen and oxygen atoms in total. The van der Waals surface area contributed by atoms with Gasteiger partial charge in [0.05, 0.1) is 31.0 Å². The van der Waals surface area contributed by atoms with E-state index in [1.54, 1.807) is 6.92 Å². The number of halogens is 2. The van der Waals surface area contributed by atoms with Crippen LogP contribution in [-0.2, 0) is 24.3 Å². The maximum absolute atomic E-state index is 13.7. The summed E-state index contributed by atoms with van der Waals surface area (Å²) >= 11 is 0. The van der Waals surface area contributed by atoms with Gasteiger partial charge in [-0.3, -0.25) is 28.7 Å². The highest BCUT2D eigenvalue weighted by Gasteiger charge is 2.28. The van der Waals surface area contributed by atoms with Crippen LogP contribution < -0.4 is 16.6 Å². The average Bonchev–Trinajstić information content (AvgIpc) is 3.59. The van der Waals surface area contributed by atoms with Crippen molar-refractivity contribution >= 4 is 22.9 Å². The van der Waals surface area contributed by atoms with E-state index in [2.05, 4.69) is 30.4 Å². The first-order valence-corrected chi connectivity index (χ1v) is 12.0. The van der Waals surface area contributed by atoms with Crippen molar-refractivity contribution in [3.63, 3.8) is 0 Å². The average molecular weight is 552 g/mol. The van der Waals surface area contributed by atoms with Crippen LogP contribution in [0.1, 0.15) is 36.8 Å². The molecule has 0 unspecified atom stereocenters. The Hall–Kier alpha value is -5.08. The fraction of sp³-hybridized carbons (Fsp3) is 0.280. The number of amides is 1. The van der Waals surface area contributed by atoms with Crippen LogP contribution in [0.25, 0.3) is 22.4 Å². The zero-order chi connectivity index (χ0) is 28.8. The van der Waals surface area contributed by atoms with Crippen LogP contribution >= 0.6 is 0 Å². The molecule has 0 aliphatic rings. The quantitative estimate of drug-likeness (QED) is 0.321. The van der Waals surface area contributed by atoms with Gasteiger partial charge >= 0.3 is 5.69 Å². The molecule has 0 fully saturated rings. The van der Waals surface area contributed by atoms with E-state index >= 15 is 0 Å². The number of imidazole rings is 1. The minimum Gasteiger partial charge on any atom is -0.364 e. The van der Waals surface area contributed by atoms with E-state index in [-0.39, 0.29) is 34.8 Å². The van der Waals surface area contributed by atoms with Gasteiger partial charge in [-0.25, -0.2) is 14.8 Å². The second-order valence-corrected chi connectivity index (χ2v) is 9.28. The van der Waals surface area contributed by atoms with Gasteiger partial charge in [0.1, 0.15) is 23.7 Å². The Bertz CT molecular complexity index is 1850. The van der Waals surface area contributed by atoms with Crippen LogP contribution in [0, 0.1) is 6.92 Å². The molecule has 40 heavy (non-hydrogen) atoms. The fourth-order valence-electron chi connectivity index (χ4n) is 4.30. The minimum atomic E-state index is -3.09. The first-order chi connectivity index (χ1) is 19.0. The van der Waals surface area contributed by atoms with E-state index in [9.17, 15) is 23.2 Å². The molecule has 0 saturated carbocycles. The van der Waals surface area contributed by atoms with Gasteiger partial charge in [-0.05, 0) is 25.5 Å². The Morgan fingerprint density at radius 2 is 1.98 bits per heavy atom. The highest BCUT2D eigenvalue weighted by molar-refractivity contribution is 5.93. The van der Waals surface area contributed by atoms with Crippen molar-refractivity contribution in [1.82, 2.24) is 38.8 Å². The first-order valence-electron chi connectivity index (χ1n) is 12.0. The van der Waals surface area contributed by atoms with E-state index in [1.165, 1.54) is 66.4 Å². The number of hydrogen-bond acceptors (Lipinski definition) is 9. The van der Waals surface area contributed by atoms with Gasteiger partial charge in [-0.2, -0.15) is 8.78 Å². The number of nitrogens with one attached hydrogen (secondary N) is 1. The summed E-state index contributed by atoms with van der Waals surface area (Å²) in [5, 5.41) is 6.40. The summed E-state index contributed by atoms with van der Waals surface area (Å²) in [6.45, 7) is 3.72. The zero-order valence-corrected chi connectivity index (χ0v) is 21.8. The normalized spacial score (nSPS) is 12.6. The lowest BCUT2D eigenvalue weighted by atomic mass is 10.1. The van der Waals surface area contributed by atoms with Crippen LogP contribution in [0.3, 0.4) is 0 Å². The maximum Gasteiger partial charge on any atom is 0.332 e. The van der Waals surface area contributed by atoms with E-state index < -0.39 is 29.1 Å². The van der Waals surface area contributed by atoms with Crippen LogP contribution in [0.5, 0.6) is 0 Å². The molecule has 0 radical (unpaired) electrons. The molecule has 5 aromatic rings. The Labute approximate surface area is 224 Å². The third-order valence-corrected chi connectivity index (χ3v) is 6.34. The SMILES string of the molecule is Cc1cc(-c2cncc(NC(=O)[C@H](C)n3cnc4c3c(=O)n(Cc3ccon3)c(=O)n4C)n2)cnc1C(C)(F)F. The number of carbonyl (C=O) groups is 1. The van der Waals surface area contributed by atoms with Crippen molar-refractivity contribution in [3.05, 3.63) is 81.1 Å². The van der Waals surface area contributed by atoms with Crippen LogP contribution in [0.2, 0.25) is 0 Å². The number of alkyl halides is 2. The van der Waals surface area contributed by atoms with Crippen LogP contribution in [-0.4, -0.2) is 44.7 Å². The molecule has 0 saturated heterocycles. The maximum atomic E-state index is 13.7. The molecule has 15 heteroatoms. The monoisotopic (exact) mass is 551 g/mol. The van der Waals surface area contributed by atoms with Crippen LogP contribution in [0.4, 0.5) is 14.6 Å². The summed E-state index contributed by atoms with van der Waals surface area (Å²) in [6.07, 6.45) is 6.64. The molecule has 0 bridgehead atoms. The summed E-state index contributed by atoms with van der Waals surface area (Å²) in [5.41, 5.74) is -0.0313. The lowest BCUT2D eigenvalue weighted by molar-refractivity contribution is -0.118. The molecule has 206 valence electrons. The van der Waals surface area contributed by atoms with Gasteiger partial charge < -0.3 is 14.4 Å². The van der Waals surface area contributed by atoms with Gasteiger partial charge in [0.25, 0.3) is 11.5 Å². The Morgan fingerprint density at radius 3 is 2.65 bits per heavy atom. The van der Waals surface area contributed by atoms with Crippen molar-refractivity contribution in [3.8, 4) is 11.3 Å². The van der Waals surface area contributed by atoms with Crippen molar-refractivity contribution in [2.24, 2.45) is 7.05 Å². The Kier molecular flexibility index (Phi) is 6.57. The zero-order valence-electron chi connectivity index (χ0n) is 21.8. The van der Waals surface area contributed by atoms with Gasteiger partial charge in [0.2, 0.25) is 5.91 Å². The Morgan fingerprint density at radius 1 is 1.20 bits per heavy atom. The molecule has 5 heterocycles. The number of carbonyl (C=O) groups excluding carboxylic acids is 1. The molecule has 1 N–H and O–H groups in total. The van der Waals surface area contributed by atoms with Crippen molar-refractivity contribution in [1.29, 1.82) is 0 Å². The first kappa shape index (κ1) is 26.5. The molecule has 5 aromatic heterocycles. The molecule has 1 amide bonds. The number of aromatic nitrogens is 8. The minimum absolute atomic E-state index is 0.0439. The topological polar surface area (TPSA) is 156 Å². The predicted molar refractivity (Wildman–Crippen MR) is 138 cm³/mol. The number of aryl methyl sites for hydroxylation is 2. The molecule has 0 aliphatic heterocycles.